The third-order valence-electron chi connectivity index (χ3n) is 5.65. The molecular formula is C26H26FN3O4. The number of primary amides is 1. The number of nitrogens with two attached hydrogens (primary N) is 1. The summed E-state index contributed by atoms with van der Waals surface area (Å²) >= 11 is 0. The van der Waals surface area contributed by atoms with E-state index in [9.17, 15) is 14.0 Å². The van der Waals surface area contributed by atoms with Gasteiger partial charge in [-0.1, -0.05) is 18.2 Å². The lowest BCUT2D eigenvalue weighted by Crippen LogP contribution is -2.42. The smallest absolute Gasteiger partial charge is 0.267 e. The van der Waals surface area contributed by atoms with Crippen molar-refractivity contribution in [3.8, 4) is 11.5 Å². The van der Waals surface area contributed by atoms with Crippen LogP contribution in [-0.4, -0.2) is 40.9 Å². The minimum atomic E-state index is -0.592. The molecule has 2 amide bonds. The van der Waals surface area contributed by atoms with Crippen LogP contribution in [0.5, 0.6) is 11.5 Å². The van der Waals surface area contributed by atoms with Gasteiger partial charge in [-0.3, -0.25) is 14.6 Å². The van der Waals surface area contributed by atoms with E-state index in [2.05, 4.69) is 4.98 Å². The van der Waals surface area contributed by atoms with Gasteiger partial charge in [0.05, 0.1) is 6.42 Å². The zero-order valence-corrected chi connectivity index (χ0v) is 18.7. The first-order chi connectivity index (χ1) is 16.5. The summed E-state index contributed by atoms with van der Waals surface area (Å²) in [5.41, 5.74) is 6.88. The summed E-state index contributed by atoms with van der Waals surface area (Å²) in [6.07, 6.45) is 3.25. The Morgan fingerprint density at radius 3 is 2.38 bits per heavy atom. The number of amides is 2. The van der Waals surface area contributed by atoms with Crippen molar-refractivity contribution < 1.29 is 23.5 Å². The predicted octanol–water partition coefficient (Wildman–Crippen LogP) is 3.51. The van der Waals surface area contributed by atoms with Gasteiger partial charge in [0, 0.05) is 32.1 Å². The Kier molecular flexibility index (Phi) is 7.37. The zero-order chi connectivity index (χ0) is 23.9. The van der Waals surface area contributed by atoms with E-state index in [1.165, 1.54) is 24.4 Å². The number of aromatic nitrogens is 1. The van der Waals surface area contributed by atoms with Gasteiger partial charge in [-0.05, 0) is 53.6 Å². The molecule has 1 fully saturated rings. The molecule has 0 spiro atoms. The number of carbonyl (C=O) groups excluding carboxylic acids is 2. The molecule has 0 saturated carbocycles. The van der Waals surface area contributed by atoms with Crippen molar-refractivity contribution in [1.29, 1.82) is 0 Å². The second-order valence-electron chi connectivity index (χ2n) is 8.18. The van der Waals surface area contributed by atoms with Gasteiger partial charge in [-0.25, -0.2) is 4.39 Å². The molecule has 1 aliphatic rings. The lowest BCUT2D eigenvalue weighted by atomic mass is 10.1. The monoisotopic (exact) mass is 463 g/mol. The molecule has 2 aromatic carbocycles. The Bertz CT molecular complexity index is 1130. The van der Waals surface area contributed by atoms with Crippen molar-refractivity contribution in [2.24, 2.45) is 5.73 Å². The van der Waals surface area contributed by atoms with Crippen molar-refractivity contribution in [3.05, 3.63) is 89.5 Å². The molecule has 3 aromatic rings. The normalized spacial score (nSPS) is 14.0. The van der Waals surface area contributed by atoms with Crippen LogP contribution in [0.15, 0.2) is 66.9 Å². The fraction of sp³-hybridized carbons (Fsp3) is 0.269. The number of rotatable bonds is 8. The molecule has 0 unspecified atom stereocenters. The molecule has 2 heterocycles. The van der Waals surface area contributed by atoms with Crippen molar-refractivity contribution >= 4 is 11.8 Å². The van der Waals surface area contributed by atoms with Crippen LogP contribution in [0, 0.1) is 5.82 Å². The molecule has 0 aliphatic carbocycles. The Balaban J connectivity index is 1.21. The number of ether oxygens (including phenoxy) is 2. The molecule has 7 nitrogen and oxygen atoms in total. The molecule has 0 radical (unpaired) electrons. The number of likely N-dealkylation sites (tertiary alicyclic amines) is 1. The first-order valence-corrected chi connectivity index (χ1v) is 11.1. The van der Waals surface area contributed by atoms with Crippen LogP contribution in [0.1, 0.15) is 34.5 Å². The van der Waals surface area contributed by atoms with E-state index in [0.717, 1.165) is 29.7 Å². The number of nitrogens with zero attached hydrogens (tertiary/aromatic N) is 2. The van der Waals surface area contributed by atoms with E-state index in [0.29, 0.717) is 18.8 Å². The van der Waals surface area contributed by atoms with E-state index in [1.807, 2.05) is 35.2 Å². The van der Waals surface area contributed by atoms with Crippen molar-refractivity contribution in [2.45, 2.75) is 32.0 Å². The molecule has 176 valence electrons. The summed E-state index contributed by atoms with van der Waals surface area (Å²) in [4.78, 5) is 29.5. The largest absolute Gasteiger partial charge is 0.490 e. The SMILES string of the molecule is NC(=O)c1ccc(CC(=O)N2CCC(Oc3ccc(OCc4cccc(F)c4)cc3)CC2)cn1. The number of hydrogen-bond acceptors (Lipinski definition) is 5. The molecule has 1 saturated heterocycles. The van der Waals surface area contributed by atoms with E-state index in [-0.39, 0.29) is 36.5 Å². The van der Waals surface area contributed by atoms with Crippen LogP contribution < -0.4 is 15.2 Å². The predicted molar refractivity (Wildman–Crippen MR) is 124 cm³/mol. The number of halogens is 1. The minimum absolute atomic E-state index is 0.0203. The van der Waals surface area contributed by atoms with Gasteiger partial charge in [-0.15, -0.1) is 0 Å². The molecule has 0 atom stereocenters. The van der Waals surface area contributed by atoms with Gasteiger partial charge in [0.15, 0.2) is 0 Å². The van der Waals surface area contributed by atoms with Gasteiger partial charge >= 0.3 is 0 Å². The lowest BCUT2D eigenvalue weighted by Gasteiger charge is -2.32. The van der Waals surface area contributed by atoms with E-state index in [4.69, 9.17) is 15.2 Å². The van der Waals surface area contributed by atoms with Crippen LogP contribution in [0.25, 0.3) is 0 Å². The average molecular weight is 464 g/mol. The van der Waals surface area contributed by atoms with Gasteiger partial charge in [-0.2, -0.15) is 0 Å². The molecular weight excluding hydrogens is 437 g/mol. The van der Waals surface area contributed by atoms with Gasteiger partial charge < -0.3 is 20.1 Å². The maximum absolute atomic E-state index is 13.3. The number of piperidine rings is 1. The molecule has 0 bridgehead atoms. The molecule has 1 aromatic heterocycles. The van der Waals surface area contributed by atoms with Crippen molar-refractivity contribution in [1.82, 2.24) is 9.88 Å². The number of carbonyl (C=O) groups is 2. The zero-order valence-electron chi connectivity index (χ0n) is 18.7. The average Bonchev–Trinajstić information content (AvgIpc) is 2.84. The Morgan fingerprint density at radius 1 is 1.00 bits per heavy atom. The number of hydrogen-bond donors (Lipinski definition) is 1. The van der Waals surface area contributed by atoms with E-state index < -0.39 is 5.91 Å². The van der Waals surface area contributed by atoms with Crippen LogP contribution >= 0.6 is 0 Å². The highest BCUT2D eigenvalue weighted by atomic mass is 19.1. The van der Waals surface area contributed by atoms with Crippen LogP contribution in [0.3, 0.4) is 0 Å². The summed E-state index contributed by atoms with van der Waals surface area (Å²) in [6.45, 7) is 1.52. The minimum Gasteiger partial charge on any atom is -0.490 e. The Morgan fingerprint density at radius 2 is 1.74 bits per heavy atom. The van der Waals surface area contributed by atoms with E-state index >= 15 is 0 Å². The van der Waals surface area contributed by atoms with Crippen LogP contribution in [0.2, 0.25) is 0 Å². The topological polar surface area (TPSA) is 94.8 Å². The Hall–Kier alpha value is -3.94. The quantitative estimate of drug-likeness (QED) is 0.552. The first kappa shape index (κ1) is 23.2. The summed E-state index contributed by atoms with van der Waals surface area (Å²) in [6, 6.07) is 16.9. The number of pyridine rings is 1. The fourth-order valence-electron chi connectivity index (χ4n) is 3.78. The second kappa shape index (κ2) is 10.8. The highest BCUT2D eigenvalue weighted by Crippen LogP contribution is 2.23. The fourth-order valence-corrected chi connectivity index (χ4v) is 3.78. The third kappa shape index (κ3) is 6.31. The maximum atomic E-state index is 13.3. The van der Waals surface area contributed by atoms with Crippen molar-refractivity contribution in [3.63, 3.8) is 0 Å². The number of benzene rings is 2. The summed E-state index contributed by atoms with van der Waals surface area (Å²) in [5, 5.41) is 0. The summed E-state index contributed by atoms with van der Waals surface area (Å²) in [5.74, 6) is 0.560. The first-order valence-electron chi connectivity index (χ1n) is 11.1. The highest BCUT2D eigenvalue weighted by Gasteiger charge is 2.24. The van der Waals surface area contributed by atoms with Gasteiger partial charge in [0.2, 0.25) is 5.91 Å². The Labute approximate surface area is 197 Å². The molecule has 8 heteroatoms. The molecule has 34 heavy (non-hydrogen) atoms. The summed E-state index contributed by atoms with van der Waals surface area (Å²) < 4.78 is 25.0. The third-order valence-corrected chi connectivity index (χ3v) is 5.65. The maximum Gasteiger partial charge on any atom is 0.267 e. The standard InChI is InChI=1S/C26H26FN3O4/c27-20-3-1-2-19(14-20)17-33-21-5-7-22(8-6-21)34-23-10-12-30(13-11-23)25(31)15-18-4-9-24(26(28)32)29-16-18/h1-9,14,16,23H,10-13,15,17H2,(H2,28,32). The van der Waals surface area contributed by atoms with E-state index in [1.54, 1.807) is 12.1 Å². The van der Waals surface area contributed by atoms with Gasteiger partial charge in [0.25, 0.3) is 5.91 Å². The summed E-state index contributed by atoms with van der Waals surface area (Å²) in [7, 11) is 0. The molecule has 1 aliphatic heterocycles. The molecule has 2 N–H and O–H groups in total. The van der Waals surface area contributed by atoms with Crippen LogP contribution in [-0.2, 0) is 17.8 Å². The molecule has 4 rings (SSSR count). The highest BCUT2D eigenvalue weighted by molar-refractivity contribution is 5.90. The lowest BCUT2D eigenvalue weighted by molar-refractivity contribution is -0.132. The van der Waals surface area contributed by atoms with Crippen LogP contribution in [0.4, 0.5) is 4.39 Å². The van der Waals surface area contributed by atoms with Crippen molar-refractivity contribution in [2.75, 3.05) is 13.1 Å². The second-order valence-corrected chi connectivity index (χ2v) is 8.18. The van der Waals surface area contributed by atoms with Gasteiger partial charge in [0.1, 0.15) is 35.7 Å².